The van der Waals surface area contributed by atoms with E-state index in [4.69, 9.17) is 0 Å². The van der Waals surface area contributed by atoms with Crippen molar-refractivity contribution >= 4 is 0 Å². The summed E-state index contributed by atoms with van der Waals surface area (Å²) in [6, 6.07) is 0. The topological polar surface area (TPSA) is 64.2 Å². The van der Waals surface area contributed by atoms with Gasteiger partial charge in [-0.2, -0.15) is 5.10 Å². The SMILES string of the molecule is Cc1[nH]ncc1CNC[C@@H](O)CN1CCCCC1. The number of nitrogens with one attached hydrogen (secondary N) is 2. The quantitative estimate of drug-likeness (QED) is 0.696. The number of hydrogen-bond donors (Lipinski definition) is 3. The van der Waals surface area contributed by atoms with Gasteiger partial charge < -0.3 is 15.3 Å². The largest absolute Gasteiger partial charge is 0.390 e. The molecule has 18 heavy (non-hydrogen) atoms. The van der Waals surface area contributed by atoms with Crippen LogP contribution in [0, 0.1) is 6.92 Å². The molecule has 1 aromatic rings. The Morgan fingerprint density at radius 3 is 2.89 bits per heavy atom. The number of aromatic amines is 1. The Kier molecular flexibility index (Phi) is 5.16. The van der Waals surface area contributed by atoms with E-state index in [9.17, 15) is 5.11 Å². The Labute approximate surface area is 109 Å². The lowest BCUT2D eigenvalue weighted by Crippen LogP contribution is -2.40. The van der Waals surface area contributed by atoms with Crippen molar-refractivity contribution in [3.8, 4) is 0 Å². The third kappa shape index (κ3) is 4.08. The van der Waals surface area contributed by atoms with Gasteiger partial charge in [-0.1, -0.05) is 6.42 Å². The number of nitrogens with zero attached hydrogens (tertiary/aromatic N) is 2. The van der Waals surface area contributed by atoms with E-state index in [1.807, 2.05) is 13.1 Å². The van der Waals surface area contributed by atoms with Crippen LogP contribution in [0.5, 0.6) is 0 Å². The summed E-state index contributed by atoms with van der Waals surface area (Å²) in [5.74, 6) is 0. The van der Waals surface area contributed by atoms with Gasteiger partial charge in [0.2, 0.25) is 0 Å². The molecule has 2 rings (SSSR count). The fraction of sp³-hybridized carbons (Fsp3) is 0.769. The Morgan fingerprint density at radius 1 is 1.44 bits per heavy atom. The number of piperidine rings is 1. The van der Waals surface area contributed by atoms with Crippen LogP contribution >= 0.6 is 0 Å². The minimum Gasteiger partial charge on any atom is -0.390 e. The van der Waals surface area contributed by atoms with Gasteiger partial charge in [0.05, 0.1) is 12.3 Å². The Morgan fingerprint density at radius 2 is 2.22 bits per heavy atom. The standard InChI is InChI=1S/C13H24N4O/c1-11-12(8-15-16-11)7-14-9-13(18)10-17-5-3-2-4-6-17/h8,13-14,18H,2-7,9-10H2,1H3,(H,15,16)/t13-/m1/s1. The van der Waals surface area contributed by atoms with E-state index in [0.29, 0.717) is 6.54 Å². The van der Waals surface area contributed by atoms with Gasteiger partial charge in [0, 0.05) is 30.9 Å². The summed E-state index contributed by atoms with van der Waals surface area (Å²) in [5, 5.41) is 20.1. The summed E-state index contributed by atoms with van der Waals surface area (Å²) in [6.07, 6.45) is 5.43. The van der Waals surface area contributed by atoms with E-state index in [1.165, 1.54) is 24.8 Å². The van der Waals surface area contributed by atoms with Crippen molar-refractivity contribution in [1.82, 2.24) is 20.4 Å². The van der Waals surface area contributed by atoms with Crippen LogP contribution in [-0.4, -0.2) is 52.5 Å². The lowest BCUT2D eigenvalue weighted by molar-refractivity contribution is 0.1000. The van der Waals surface area contributed by atoms with Crippen LogP contribution in [0.25, 0.3) is 0 Å². The van der Waals surface area contributed by atoms with Gasteiger partial charge in [-0.25, -0.2) is 0 Å². The maximum absolute atomic E-state index is 9.97. The highest BCUT2D eigenvalue weighted by Crippen LogP contribution is 2.08. The molecule has 1 aromatic heterocycles. The van der Waals surface area contributed by atoms with Crippen molar-refractivity contribution in [2.75, 3.05) is 26.2 Å². The van der Waals surface area contributed by atoms with Crippen molar-refractivity contribution < 1.29 is 5.11 Å². The molecule has 5 heteroatoms. The first kappa shape index (κ1) is 13.5. The van der Waals surface area contributed by atoms with Crippen LogP contribution in [0.1, 0.15) is 30.5 Å². The molecular weight excluding hydrogens is 228 g/mol. The van der Waals surface area contributed by atoms with E-state index < -0.39 is 0 Å². The Hall–Kier alpha value is -0.910. The van der Waals surface area contributed by atoms with Crippen molar-refractivity contribution in [2.45, 2.75) is 38.8 Å². The molecule has 0 bridgehead atoms. The second-order valence-corrected chi connectivity index (χ2v) is 5.17. The molecule has 5 nitrogen and oxygen atoms in total. The molecular formula is C13H24N4O. The van der Waals surface area contributed by atoms with E-state index in [0.717, 1.165) is 31.9 Å². The molecule has 1 aliphatic heterocycles. The maximum atomic E-state index is 9.97. The van der Waals surface area contributed by atoms with Gasteiger partial charge in [-0.15, -0.1) is 0 Å². The molecule has 1 aliphatic rings. The van der Waals surface area contributed by atoms with Gasteiger partial charge in [0.1, 0.15) is 0 Å². The number of rotatable bonds is 6. The average molecular weight is 252 g/mol. The van der Waals surface area contributed by atoms with Crippen LogP contribution in [0.2, 0.25) is 0 Å². The maximum Gasteiger partial charge on any atom is 0.0791 e. The first-order chi connectivity index (χ1) is 8.75. The third-order valence-electron chi connectivity index (χ3n) is 3.55. The molecule has 0 saturated carbocycles. The predicted molar refractivity (Wildman–Crippen MR) is 71.3 cm³/mol. The highest BCUT2D eigenvalue weighted by Gasteiger charge is 2.14. The molecule has 3 N–H and O–H groups in total. The smallest absolute Gasteiger partial charge is 0.0791 e. The zero-order valence-corrected chi connectivity index (χ0v) is 11.2. The average Bonchev–Trinajstić information content (AvgIpc) is 2.76. The summed E-state index contributed by atoms with van der Waals surface area (Å²) >= 11 is 0. The number of β-amino-alcohol motifs (C(OH)–C–C–N with tert-alkyl or cyclic N) is 1. The Bertz CT molecular complexity index is 347. The number of hydrogen-bond acceptors (Lipinski definition) is 4. The lowest BCUT2D eigenvalue weighted by Gasteiger charge is -2.28. The Balaban J connectivity index is 1.62. The van der Waals surface area contributed by atoms with Gasteiger partial charge in [0.15, 0.2) is 0 Å². The van der Waals surface area contributed by atoms with E-state index in [1.54, 1.807) is 0 Å². The van der Waals surface area contributed by atoms with Crippen LogP contribution in [0.3, 0.4) is 0 Å². The molecule has 1 saturated heterocycles. The molecule has 102 valence electrons. The molecule has 1 fully saturated rings. The predicted octanol–water partition coefficient (Wildman–Crippen LogP) is 0.655. The molecule has 0 aromatic carbocycles. The van der Waals surface area contributed by atoms with Gasteiger partial charge >= 0.3 is 0 Å². The highest BCUT2D eigenvalue weighted by molar-refractivity contribution is 5.13. The van der Waals surface area contributed by atoms with E-state index in [-0.39, 0.29) is 6.10 Å². The molecule has 0 radical (unpaired) electrons. The molecule has 0 unspecified atom stereocenters. The first-order valence-electron chi connectivity index (χ1n) is 6.85. The summed E-state index contributed by atoms with van der Waals surface area (Å²) in [4.78, 5) is 2.36. The zero-order chi connectivity index (χ0) is 12.8. The summed E-state index contributed by atoms with van der Waals surface area (Å²) in [5.41, 5.74) is 2.26. The van der Waals surface area contributed by atoms with Crippen molar-refractivity contribution in [1.29, 1.82) is 0 Å². The van der Waals surface area contributed by atoms with Crippen LogP contribution in [-0.2, 0) is 6.54 Å². The van der Waals surface area contributed by atoms with E-state index in [2.05, 4.69) is 20.4 Å². The van der Waals surface area contributed by atoms with Crippen LogP contribution < -0.4 is 5.32 Å². The van der Waals surface area contributed by atoms with Crippen molar-refractivity contribution in [2.24, 2.45) is 0 Å². The van der Waals surface area contributed by atoms with E-state index >= 15 is 0 Å². The number of likely N-dealkylation sites (tertiary alicyclic amines) is 1. The molecule has 2 heterocycles. The minimum atomic E-state index is -0.282. The fourth-order valence-corrected chi connectivity index (χ4v) is 2.43. The van der Waals surface area contributed by atoms with Gasteiger partial charge in [0.25, 0.3) is 0 Å². The molecule has 0 spiro atoms. The lowest BCUT2D eigenvalue weighted by atomic mass is 10.1. The third-order valence-corrected chi connectivity index (χ3v) is 3.55. The number of aliphatic hydroxyl groups is 1. The molecule has 0 amide bonds. The normalized spacial score (nSPS) is 19.0. The summed E-state index contributed by atoms with van der Waals surface area (Å²) in [7, 11) is 0. The van der Waals surface area contributed by atoms with Gasteiger partial charge in [-0.3, -0.25) is 5.10 Å². The number of aryl methyl sites for hydroxylation is 1. The summed E-state index contributed by atoms with van der Waals surface area (Å²) in [6.45, 7) is 6.47. The second kappa shape index (κ2) is 6.87. The fourth-order valence-electron chi connectivity index (χ4n) is 2.43. The van der Waals surface area contributed by atoms with Crippen LogP contribution in [0.4, 0.5) is 0 Å². The second-order valence-electron chi connectivity index (χ2n) is 5.17. The highest BCUT2D eigenvalue weighted by atomic mass is 16.3. The number of aliphatic hydroxyl groups excluding tert-OH is 1. The number of H-pyrrole nitrogens is 1. The summed E-state index contributed by atoms with van der Waals surface area (Å²) < 4.78 is 0. The monoisotopic (exact) mass is 252 g/mol. The van der Waals surface area contributed by atoms with Crippen molar-refractivity contribution in [3.63, 3.8) is 0 Å². The number of aromatic nitrogens is 2. The minimum absolute atomic E-state index is 0.282. The molecule has 0 aliphatic carbocycles. The van der Waals surface area contributed by atoms with Crippen molar-refractivity contribution in [3.05, 3.63) is 17.5 Å². The molecule has 1 atom stereocenters. The first-order valence-corrected chi connectivity index (χ1v) is 6.85. The zero-order valence-electron chi connectivity index (χ0n) is 11.2. The van der Waals surface area contributed by atoms with Crippen LogP contribution in [0.15, 0.2) is 6.20 Å². The van der Waals surface area contributed by atoms with Gasteiger partial charge in [-0.05, 0) is 32.9 Å².